The first-order valence-corrected chi connectivity index (χ1v) is 8.42. The molecule has 2 aromatic rings. The van der Waals surface area contributed by atoms with Crippen molar-refractivity contribution in [1.82, 2.24) is 0 Å². The quantitative estimate of drug-likeness (QED) is 0.679. The van der Waals surface area contributed by atoms with Gasteiger partial charge in [0.1, 0.15) is 6.61 Å². The third kappa shape index (κ3) is 4.61. The molecule has 0 unspecified atom stereocenters. The lowest BCUT2D eigenvalue weighted by atomic mass is 10.1. The molecule has 24 heavy (non-hydrogen) atoms. The van der Waals surface area contributed by atoms with Crippen LogP contribution in [0.5, 0.6) is 11.5 Å². The highest BCUT2D eigenvalue weighted by molar-refractivity contribution is 9.10. The first kappa shape index (κ1) is 18.1. The molecule has 0 bridgehead atoms. The molecule has 1 amide bonds. The average Bonchev–Trinajstić information content (AvgIpc) is 2.57. The monoisotopic (exact) mass is 389 g/mol. The number of amides is 1. The van der Waals surface area contributed by atoms with Gasteiger partial charge in [0.15, 0.2) is 11.5 Å². The van der Waals surface area contributed by atoms with Crippen molar-refractivity contribution in [2.75, 3.05) is 18.5 Å². The van der Waals surface area contributed by atoms with E-state index in [9.17, 15) is 4.79 Å². The van der Waals surface area contributed by atoms with Crippen molar-refractivity contribution in [3.63, 3.8) is 0 Å². The Hall–Kier alpha value is -2.27. The molecule has 0 heterocycles. The van der Waals surface area contributed by atoms with Gasteiger partial charge in [-0.05, 0) is 55.8 Å². The number of rotatable bonds is 7. The Morgan fingerprint density at radius 1 is 1.21 bits per heavy atom. The average molecular weight is 390 g/mol. The maximum absolute atomic E-state index is 12.5. The largest absolute Gasteiger partial charge is 0.490 e. The van der Waals surface area contributed by atoms with E-state index in [0.717, 1.165) is 15.7 Å². The van der Waals surface area contributed by atoms with Gasteiger partial charge in [0.2, 0.25) is 0 Å². The van der Waals surface area contributed by atoms with Gasteiger partial charge in [-0.15, -0.1) is 0 Å². The minimum Gasteiger partial charge on any atom is -0.490 e. The van der Waals surface area contributed by atoms with E-state index in [-0.39, 0.29) is 5.91 Å². The molecule has 0 aliphatic carbocycles. The molecular formula is C19H20BrNO3. The standard InChI is InChI=1S/C19H20BrNO3/c1-4-10-24-17-9-6-14(12-18(17)23-5-2)19(22)21-15-7-8-16(20)13(3)11-15/h4,6-9,11-12H,1,5,10H2,2-3H3,(H,21,22). The number of anilines is 1. The van der Waals surface area contributed by atoms with E-state index in [4.69, 9.17) is 9.47 Å². The minimum absolute atomic E-state index is 0.201. The smallest absolute Gasteiger partial charge is 0.255 e. The van der Waals surface area contributed by atoms with E-state index < -0.39 is 0 Å². The van der Waals surface area contributed by atoms with Gasteiger partial charge in [-0.25, -0.2) is 0 Å². The van der Waals surface area contributed by atoms with Crippen molar-refractivity contribution in [2.24, 2.45) is 0 Å². The van der Waals surface area contributed by atoms with Crippen LogP contribution >= 0.6 is 15.9 Å². The molecule has 1 N–H and O–H groups in total. The van der Waals surface area contributed by atoms with Crippen LogP contribution in [0.3, 0.4) is 0 Å². The zero-order valence-corrected chi connectivity index (χ0v) is 15.4. The Bertz CT molecular complexity index is 743. The van der Waals surface area contributed by atoms with E-state index in [1.54, 1.807) is 24.3 Å². The summed E-state index contributed by atoms with van der Waals surface area (Å²) in [7, 11) is 0. The van der Waals surface area contributed by atoms with Crippen LogP contribution in [0.25, 0.3) is 0 Å². The molecule has 0 radical (unpaired) electrons. The summed E-state index contributed by atoms with van der Waals surface area (Å²) in [5, 5.41) is 2.89. The SMILES string of the molecule is C=CCOc1ccc(C(=O)Nc2ccc(Br)c(C)c2)cc1OCC. The van der Waals surface area contributed by atoms with Crippen LogP contribution in [-0.2, 0) is 0 Å². The van der Waals surface area contributed by atoms with Crippen LogP contribution in [0.2, 0.25) is 0 Å². The molecule has 0 saturated carbocycles. The number of aryl methyl sites for hydroxylation is 1. The Morgan fingerprint density at radius 2 is 2.00 bits per heavy atom. The van der Waals surface area contributed by atoms with Crippen LogP contribution in [0, 0.1) is 6.92 Å². The van der Waals surface area contributed by atoms with Gasteiger partial charge in [0.25, 0.3) is 5.91 Å². The summed E-state index contributed by atoms with van der Waals surface area (Å²) in [5.41, 5.74) is 2.30. The lowest BCUT2D eigenvalue weighted by molar-refractivity contribution is 0.102. The van der Waals surface area contributed by atoms with Crippen LogP contribution in [0.1, 0.15) is 22.8 Å². The first-order chi connectivity index (χ1) is 11.5. The van der Waals surface area contributed by atoms with Crippen LogP contribution in [0.15, 0.2) is 53.5 Å². The molecule has 0 aliphatic heterocycles. The number of benzene rings is 2. The lowest BCUT2D eigenvalue weighted by Crippen LogP contribution is -2.12. The highest BCUT2D eigenvalue weighted by atomic mass is 79.9. The number of nitrogens with one attached hydrogen (secondary N) is 1. The second-order valence-electron chi connectivity index (χ2n) is 5.11. The van der Waals surface area contributed by atoms with E-state index in [1.165, 1.54) is 0 Å². The fourth-order valence-electron chi connectivity index (χ4n) is 2.11. The number of halogens is 1. The van der Waals surface area contributed by atoms with Crippen molar-refractivity contribution in [1.29, 1.82) is 0 Å². The first-order valence-electron chi connectivity index (χ1n) is 7.63. The minimum atomic E-state index is -0.201. The summed E-state index contributed by atoms with van der Waals surface area (Å²) >= 11 is 3.45. The molecular weight excluding hydrogens is 370 g/mol. The second kappa shape index (κ2) is 8.55. The van der Waals surface area contributed by atoms with Gasteiger partial charge in [0.05, 0.1) is 6.61 Å². The van der Waals surface area contributed by atoms with Gasteiger partial charge in [-0.1, -0.05) is 28.6 Å². The van der Waals surface area contributed by atoms with Crippen molar-refractivity contribution in [3.8, 4) is 11.5 Å². The molecule has 126 valence electrons. The zero-order valence-electron chi connectivity index (χ0n) is 13.8. The predicted octanol–water partition coefficient (Wildman–Crippen LogP) is 4.97. The van der Waals surface area contributed by atoms with Crippen molar-refractivity contribution in [2.45, 2.75) is 13.8 Å². The molecule has 5 heteroatoms. The fraction of sp³-hybridized carbons (Fsp3) is 0.211. The number of hydrogen-bond acceptors (Lipinski definition) is 3. The van der Waals surface area contributed by atoms with Gasteiger partial charge >= 0.3 is 0 Å². The maximum atomic E-state index is 12.5. The van der Waals surface area contributed by atoms with Crippen molar-refractivity contribution in [3.05, 3.63) is 64.7 Å². The van der Waals surface area contributed by atoms with E-state index in [2.05, 4.69) is 27.8 Å². The number of hydrogen-bond donors (Lipinski definition) is 1. The highest BCUT2D eigenvalue weighted by Crippen LogP contribution is 2.29. The van der Waals surface area contributed by atoms with Gasteiger partial charge in [-0.2, -0.15) is 0 Å². The summed E-state index contributed by atoms with van der Waals surface area (Å²) in [5.74, 6) is 0.930. The van der Waals surface area contributed by atoms with Gasteiger partial charge in [-0.3, -0.25) is 4.79 Å². The molecule has 0 aliphatic rings. The normalized spacial score (nSPS) is 10.1. The molecule has 0 aromatic heterocycles. The summed E-state index contributed by atoms with van der Waals surface area (Å²) < 4.78 is 12.1. The lowest BCUT2D eigenvalue weighted by Gasteiger charge is -2.13. The molecule has 0 fully saturated rings. The number of ether oxygens (including phenoxy) is 2. The van der Waals surface area contributed by atoms with Crippen LogP contribution in [0.4, 0.5) is 5.69 Å². The summed E-state index contributed by atoms with van der Waals surface area (Å²) in [6.45, 7) is 8.34. The Morgan fingerprint density at radius 3 is 2.67 bits per heavy atom. The zero-order chi connectivity index (χ0) is 17.5. The summed E-state index contributed by atoms with van der Waals surface area (Å²) in [6, 6.07) is 10.8. The highest BCUT2D eigenvalue weighted by Gasteiger charge is 2.12. The van der Waals surface area contributed by atoms with E-state index >= 15 is 0 Å². The van der Waals surface area contributed by atoms with Gasteiger partial charge in [0, 0.05) is 15.7 Å². The van der Waals surface area contributed by atoms with Crippen molar-refractivity contribution >= 4 is 27.5 Å². The Labute approximate surface area is 150 Å². The number of carbonyl (C=O) groups is 1. The predicted molar refractivity (Wildman–Crippen MR) is 100 cm³/mol. The summed E-state index contributed by atoms with van der Waals surface area (Å²) in [4.78, 5) is 12.5. The number of carbonyl (C=O) groups excluding carboxylic acids is 1. The third-order valence-corrected chi connectivity index (χ3v) is 4.17. The molecule has 2 aromatic carbocycles. The second-order valence-corrected chi connectivity index (χ2v) is 5.97. The molecule has 0 atom stereocenters. The molecule has 0 spiro atoms. The molecule has 0 saturated heterocycles. The van der Waals surface area contributed by atoms with Crippen LogP contribution < -0.4 is 14.8 Å². The van der Waals surface area contributed by atoms with E-state index in [1.807, 2.05) is 32.0 Å². The van der Waals surface area contributed by atoms with Gasteiger partial charge < -0.3 is 14.8 Å². The van der Waals surface area contributed by atoms with Crippen LogP contribution in [-0.4, -0.2) is 19.1 Å². The van der Waals surface area contributed by atoms with E-state index in [0.29, 0.717) is 30.3 Å². The Kier molecular flexibility index (Phi) is 6.44. The maximum Gasteiger partial charge on any atom is 0.255 e. The fourth-order valence-corrected chi connectivity index (χ4v) is 2.36. The summed E-state index contributed by atoms with van der Waals surface area (Å²) in [6.07, 6.45) is 1.66. The molecule has 4 nitrogen and oxygen atoms in total. The van der Waals surface area contributed by atoms with Crippen molar-refractivity contribution < 1.29 is 14.3 Å². The third-order valence-electron chi connectivity index (χ3n) is 3.28. The molecule has 2 rings (SSSR count). The Balaban J connectivity index is 2.20. The topological polar surface area (TPSA) is 47.6 Å².